The number of hydrogen-bond donors (Lipinski definition) is 0. The van der Waals surface area contributed by atoms with E-state index in [1.807, 2.05) is 72.8 Å². The Morgan fingerprint density at radius 3 is 2.30 bits per heavy atom. The summed E-state index contributed by atoms with van der Waals surface area (Å²) in [5.41, 5.74) is 0.680. The highest BCUT2D eigenvalue weighted by Gasteiger charge is 2.07. The molecule has 0 N–H and O–H groups in total. The molecule has 0 spiro atoms. The van der Waals surface area contributed by atoms with E-state index in [2.05, 4.69) is 0 Å². The molecule has 0 saturated carbocycles. The third kappa shape index (κ3) is 2.69. The van der Waals surface area contributed by atoms with Gasteiger partial charge in [-0.05, 0) is 29.0 Å². The molecule has 20 heavy (non-hydrogen) atoms. The highest BCUT2D eigenvalue weighted by atomic mass is 16.5. The lowest BCUT2D eigenvalue weighted by molar-refractivity contribution is 0.0921. The molecular formula is C18H14O2. The van der Waals surface area contributed by atoms with Gasteiger partial charge in [0.1, 0.15) is 5.75 Å². The van der Waals surface area contributed by atoms with Gasteiger partial charge in [0.05, 0.1) is 0 Å². The smallest absolute Gasteiger partial charge is 0.200 e. The van der Waals surface area contributed by atoms with Crippen molar-refractivity contribution in [3.8, 4) is 5.75 Å². The lowest BCUT2D eigenvalue weighted by atomic mass is 10.0. The molecule has 2 nitrogen and oxygen atoms in total. The van der Waals surface area contributed by atoms with E-state index >= 15 is 0 Å². The van der Waals surface area contributed by atoms with Crippen LogP contribution in [0.25, 0.3) is 10.8 Å². The Hall–Kier alpha value is -2.61. The first-order chi connectivity index (χ1) is 9.83. The third-order valence-electron chi connectivity index (χ3n) is 3.18. The zero-order valence-electron chi connectivity index (χ0n) is 11.0. The summed E-state index contributed by atoms with van der Waals surface area (Å²) in [6.07, 6.45) is 0. The summed E-state index contributed by atoms with van der Waals surface area (Å²) < 4.78 is 5.48. The molecule has 0 atom stereocenters. The summed E-state index contributed by atoms with van der Waals surface area (Å²) >= 11 is 0. The van der Waals surface area contributed by atoms with Gasteiger partial charge in [0.2, 0.25) is 0 Å². The number of para-hydroxylation sites is 1. The van der Waals surface area contributed by atoms with Crippen LogP contribution < -0.4 is 4.74 Å². The van der Waals surface area contributed by atoms with Crippen molar-refractivity contribution < 1.29 is 9.53 Å². The number of benzene rings is 3. The van der Waals surface area contributed by atoms with Crippen LogP contribution in [0.1, 0.15) is 10.4 Å². The number of ether oxygens (including phenoxy) is 1. The second kappa shape index (κ2) is 5.57. The number of hydrogen-bond acceptors (Lipinski definition) is 2. The lowest BCUT2D eigenvalue weighted by Gasteiger charge is -2.06. The molecular weight excluding hydrogens is 248 g/mol. The Kier molecular flexibility index (Phi) is 3.46. The summed E-state index contributed by atoms with van der Waals surface area (Å²) in [6, 6.07) is 23.1. The predicted octanol–water partition coefficient (Wildman–Crippen LogP) is 4.10. The molecule has 0 bridgehead atoms. The summed E-state index contributed by atoms with van der Waals surface area (Å²) in [5, 5.41) is 2.20. The average Bonchev–Trinajstić information content (AvgIpc) is 2.53. The average molecular weight is 262 g/mol. The number of ketones is 1. The number of rotatable bonds is 4. The van der Waals surface area contributed by atoms with E-state index in [9.17, 15) is 4.79 Å². The quantitative estimate of drug-likeness (QED) is 0.662. The summed E-state index contributed by atoms with van der Waals surface area (Å²) in [4.78, 5) is 12.1. The Morgan fingerprint density at radius 2 is 1.50 bits per heavy atom. The van der Waals surface area contributed by atoms with Gasteiger partial charge in [-0.1, -0.05) is 54.6 Å². The van der Waals surface area contributed by atoms with Crippen LogP contribution in [0.15, 0.2) is 72.8 Å². The zero-order chi connectivity index (χ0) is 13.8. The van der Waals surface area contributed by atoms with E-state index in [0.29, 0.717) is 11.3 Å². The van der Waals surface area contributed by atoms with Crippen molar-refractivity contribution in [2.45, 2.75) is 0 Å². The molecule has 0 heterocycles. The molecule has 3 rings (SSSR count). The van der Waals surface area contributed by atoms with Gasteiger partial charge in [-0.25, -0.2) is 0 Å². The Bertz CT molecular complexity index is 733. The molecule has 0 aromatic heterocycles. The maximum Gasteiger partial charge on any atom is 0.200 e. The minimum Gasteiger partial charge on any atom is -0.485 e. The van der Waals surface area contributed by atoms with Crippen LogP contribution in [0.3, 0.4) is 0 Å². The van der Waals surface area contributed by atoms with Crippen molar-refractivity contribution in [3.05, 3.63) is 78.4 Å². The molecule has 0 amide bonds. The third-order valence-corrected chi connectivity index (χ3v) is 3.18. The highest BCUT2D eigenvalue weighted by molar-refractivity contribution is 6.00. The first-order valence-corrected chi connectivity index (χ1v) is 6.53. The van der Waals surface area contributed by atoms with E-state index in [0.717, 1.165) is 10.8 Å². The fourth-order valence-corrected chi connectivity index (χ4v) is 2.11. The van der Waals surface area contributed by atoms with Crippen molar-refractivity contribution in [2.75, 3.05) is 6.61 Å². The van der Waals surface area contributed by atoms with Gasteiger partial charge in [0.15, 0.2) is 12.4 Å². The molecule has 3 aromatic carbocycles. The second-order valence-corrected chi connectivity index (χ2v) is 4.59. The summed E-state index contributed by atoms with van der Waals surface area (Å²) in [7, 11) is 0. The molecule has 0 aliphatic heterocycles. The van der Waals surface area contributed by atoms with Gasteiger partial charge in [0.25, 0.3) is 0 Å². The first kappa shape index (κ1) is 12.4. The standard InChI is InChI=1S/C18H14O2/c19-18(13-20-17-8-2-1-3-9-17)16-11-10-14-6-4-5-7-15(14)12-16/h1-12H,13H2. The molecule has 0 unspecified atom stereocenters. The van der Waals surface area contributed by atoms with E-state index < -0.39 is 0 Å². The molecule has 0 saturated heterocycles. The van der Waals surface area contributed by atoms with Gasteiger partial charge in [-0.3, -0.25) is 4.79 Å². The van der Waals surface area contributed by atoms with Gasteiger partial charge < -0.3 is 4.74 Å². The summed E-state index contributed by atoms with van der Waals surface area (Å²) in [5.74, 6) is 0.696. The summed E-state index contributed by atoms with van der Waals surface area (Å²) in [6.45, 7) is 0.0579. The van der Waals surface area contributed by atoms with Crippen LogP contribution in [0, 0.1) is 0 Å². The van der Waals surface area contributed by atoms with E-state index in [4.69, 9.17) is 4.74 Å². The minimum absolute atomic E-state index is 0.0143. The molecule has 0 fully saturated rings. The second-order valence-electron chi connectivity index (χ2n) is 4.59. The van der Waals surface area contributed by atoms with Crippen molar-refractivity contribution in [3.63, 3.8) is 0 Å². The lowest BCUT2D eigenvalue weighted by Crippen LogP contribution is -2.11. The SMILES string of the molecule is O=C(COc1ccccc1)c1ccc2ccccc2c1. The Labute approximate surface area is 117 Å². The van der Waals surface area contributed by atoms with E-state index in [1.165, 1.54) is 0 Å². The highest BCUT2D eigenvalue weighted by Crippen LogP contribution is 2.16. The van der Waals surface area contributed by atoms with Gasteiger partial charge in [-0.2, -0.15) is 0 Å². The maximum absolute atomic E-state index is 12.1. The molecule has 0 aliphatic carbocycles. The zero-order valence-corrected chi connectivity index (χ0v) is 11.0. The number of carbonyl (C=O) groups excluding carboxylic acids is 1. The fraction of sp³-hybridized carbons (Fsp3) is 0.0556. The molecule has 98 valence electrons. The monoisotopic (exact) mass is 262 g/mol. The fourth-order valence-electron chi connectivity index (χ4n) is 2.11. The normalized spacial score (nSPS) is 10.4. The Balaban J connectivity index is 1.75. The molecule has 0 aliphatic rings. The van der Waals surface area contributed by atoms with Gasteiger partial charge in [-0.15, -0.1) is 0 Å². The van der Waals surface area contributed by atoms with Crippen molar-refractivity contribution in [2.24, 2.45) is 0 Å². The van der Waals surface area contributed by atoms with Crippen molar-refractivity contribution in [1.82, 2.24) is 0 Å². The largest absolute Gasteiger partial charge is 0.485 e. The first-order valence-electron chi connectivity index (χ1n) is 6.53. The van der Waals surface area contributed by atoms with E-state index in [-0.39, 0.29) is 12.4 Å². The van der Waals surface area contributed by atoms with Crippen molar-refractivity contribution in [1.29, 1.82) is 0 Å². The van der Waals surface area contributed by atoms with Crippen LogP contribution in [-0.2, 0) is 0 Å². The van der Waals surface area contributed by atoms with Gasteiger partial charge in [0, 0.05) is 5.56 Å². The number of carbonyl (C=O) groups is 1. The molecule has 3 aromatic rings. The van der Waals surface area contributed by atoms with Crippen LogP contribution >= 0.6 is 0 Å². The van der Waals surface area contributed by atoms with Crippen molar-refractivity contribution >= 4 is 16.6 Å². The molecule has 2 heteroatoms. The number of Topliss-reactive ketones (excluding diaryl/α,β-unsaturated/α-hetero) is 1. The van der Waals surface area contributed by atoms with E-state index in [1.54, 1.807) is 0 Å². The van der Waals surface area contributed by atoms with Crippen LogP contribution in [0.5, 0.6) is 5.75 Å². The maximum atomic E-state index is 12.1. The van der Waals surface area contributed by atoms with Crippen LogP contribution in [0.4, 0.5) is 0 Å². The minimum atomic E-state index is -0.0143. The number of fused-ring (bicyclic) bond motifs is 1. The van der Waals surface area contributed by atoms with Crippen LogP contribution in [0.2, 0.25) is 0 Å². The predicted molar refractivity (Wildman–Crippen MR) is 80.2 cm³/mol. The van der Waals surface area contributed by atoms with Gasteiger partial charge >= 0.3 is 0 Å². The topological polar surface area (TPSA) is 26.3 Å². The molecule has 0 radical (unpaired) electrons. The Morgan fingerprint density at radius 1 is 0.800 bits per heavy atom. The van der Waals surface area contributed by atoms with Crippen LogP contribution in [-0.4, -0.2) is 12.4 Å².